The number of halogens is 1. The van der Waals surface area contributed by atoms with Crippen LogP contribution in [0.3, 0.4) is 0 Å². The first kappa shape index (κ1) is 18.0. The smallest absolute Gasteiger partial charge is 0.277 e. The Morgan fingerprint density at radius 2 is 1.88 bits per heavy atom. The van der Waals surface area contributed by atoms with E-state index in [4.69, 9.17) is 11.6 Å². The normalized spacial score (nSPS) is 21.5. The molecule has 134 valence electrons. The summed E-state index contributed by atoms with van der Waals surface area (Å²) in [6, 6.07) is 7.21. The molecule has 25 heavy (non-hydrogen) atoms. The second kappa shape index (κ2) is 7.61. The van der Waals surface area contributed by atoms with Gasteiger partial charge in [0.25, 0.3) is 11.8 Å². The molecule has 1 fully saturated rings. The Hall–Kier alpha value is -1.81. The van der Waals surface area contributed by atoms with Gasteiger partial charge in [0.15, 0.2) is 0 Å². The molecule has 1 saturated heterocycles. The molecule has 2 amide bonds. The first-order valence-electron chi connectivity index (χ1n) is 9.14. The van der Waals surface area contributed by atoms with E-state index in [1.54, 1.807) is 12.1 Å². The van der Waals surface area contributed by atoms with Gasteiger partial charge in [-0.25, -0.2) is 0 Å². The molecular weight excluding hydrogens is 336 g/mol. The highest BCUT2D eigenvalue weighted by molar-refractivity contribution is 6.36. The lowest BCUT2D eigenvalue weighted by Crippen LogP contribution is -2.39. The maximum atomic E-state index is 13.1. The number of benzene rings is 1. The van der Waals surface area contributed by atoms with Gasteiger partial charge in [0, 0.05) is 24.7 Å². The largest absolute Gasteiger partial charge is 0.366 e. The highest BCUT2D eigenvalue weighted by Crippen LogP contribution is 2.34. The molecule has 0 spiro atoms. The standard InChI is InChI=1S/C20H25ClN2O2/c1-3-4-12-23-19(24)17(15-7-9-16(21)10-8-15)18(20(23)25)22-11-5-6-14(2)13-22/h7-10,14H,3-6,11-13H2,1-2H3. The van der Waals surface area contributed by atoms with Crippen molar-refractivity contribution >= 4 is 29.0 Å². The average Bonchev–Trinajstić information content (AvgIpc) is 2.84. The molecule has 4 nitrogen and oxygen atoms in total. The van der Waals surface area contributed by atoms with Crippen LogP contribution in [0.1, 0.15) is 45.1 Å². The number of nitrogens with zero attached hydrogens (tertiary/aromatic N) is 2. The maximum absolute atomic E-state index is 13.1. The third-order valence-electron chi connectivity index (χ3n) is 4.98. The van der Waals surface area contributed by atoms with Crippen molar-refractivity contribution in [3.05, 3.63) is 40.5 Å². The lowest BCUT2D eigenvalue weighted by atomic mass is 9.98. The monoisotopic (exact) mass is 360 g/mol. The molecule has 0 N–H and O–H groups in total. The number of carbonyl (C=O) groups excluding carboxylic acids is 2. The zero-order valence-corrected chi connectivity index (χ0v) is 15.7. The van der Waals surface area contributed by atoms with Gasteiger partial charge in [-0.2, -0.15) is 0 Å². The van der Waals surface area contributed by atoms with Gasteiger partial charge >= 0.3 is 0 Å². The van der Waals surface area contributed by atoms with E-state index in [0.717, 1.165) is 37.9 Å². The predicted octanol–water partition coefficient (Wildman–Crippen LogP) is 3.95. The van der Waals surface area contributed by atoms with Gasteiger partial charge in [0.2, 0.25) is 0 Å². The highest BCUT2D eigenvalue weighted by atomic mass is 35.5. The number of unbranched alkanes of at least 4 members (excludes halogenated alkanes) is 1. The van der Waals surface area contributed by atoms with Crippen LogP contribution < -0.4 is 0 Å². The first-order valence-corrected chi connectivity index (χ1v) is 9.52. The molecule has 0 radical (unpaired) electrons. The Balaban J connectivity index is 2.02. The van der Waals surface area contributed by atoms with Gasteiger partial charge in [-0.3, -0.25) is 14.5 Å². The molecule has 3 rings (SSSR count). The first-order chi connectivity index (χ1) is 12.0. The molecule has 5 heteroatoms. The van der Waals surface area contributed by atoms with Gasteiger partial charge < -0.3 is 4.90 Å². The van der Waals surface area contributed by atoms with Crippen LogP contribution in [0.4, 0.5) is 0 Å². The number of hydrogen-bond acceptors (Lipinski definition) is 3. The Kier molecular flexibility index (Phi) is 5.48. The third-order valence-corrected chi connectivity index (χ3v) is 5.24. The molecule has 1 atom stereocenters. The van der Waals surface area contributed by atoms with Crippen molar-refractivity contribution in [2.45, 2.75) is 39.5 Å². The zero-order chi connectivity index (χ0) is 18.0. The Morgan fingerprint density at radius 3 is 2.52 bits per heavy atom. The second-order valence-corrected chi connectivity index (χ2v) is 7.48. The molecular formula is C20H25ClN2O2. The van der Waals surface area contributed by atoms with Crippen LogP contribution in [0, 0.1) is 5.92 Å². The molecule has 0 bridgehead atoms. The summed E-state index contributed by atoms with van der Waals surface area (Å²) in [5.41, 5.74) is 1.89. The fraction of sp³-hybridized carbons (Fsp3) is 0.500. The minimum absolute atomic E-state index is 0.141. The lowest BCUT2D eigenvalue weighted by Gasteiger charge is -2.33. The van der Waals surface area contributed by atoms with Crippen LogP contribution in [0.25, 0.3) is 5.57 Å². The number of piperidine rings is 1. The van der Waals surface area contributed by atoms with Gasteiger partial charge in [-0.1, -0.05) is 44.0 Å². The van der Waals surface area contributed by atoms with Crippen molar-refractivity contribution in [1.29, 1.82) is 0 Å². The third kappa shape index (κ3) is 3.59. The van der Waals surface area contributed by atoms with E-state index in [1.165, 1.54) is 11.3 Å². The summed E-state index contributed by atoms with van der Waals surface area (Å²) in [6.45, 7) is 6.40. The van der Waals surface area contributed by atoms with Crippen LogP contribution in [-0.2, 0) is 9.59 Å². The van der Waals surface area contributed by atoms with E-state index >= 15 is 0 Å². The molecule has 2 aliphatic rings. The van der Waals surface area contributed by atoms with E-state index in [0.29, 0.717) is 28.8 Å². The second-order valence-electron chi connectivity index (χ2n) is 7.04. The molecule has 0 aromatic heterocycles. The van der Waals surface area contributed by atoms with Gasteiger partial charge in [0.1, 0.15) is 5.70 Å². The van der Waals surface area contributed by atoms with E-state index in [-0.39, 0.29) is 11.8 Å². The van der Waals surface area contributed by atoms with Crippen LogP contribution in [-0.4, -0.2) is 41.2 Å². The fourth-order valence-electron chi connectivity index (χ4n) is 3.65. The summed E-state index contributed by atoms with van der Waals surface area (Å²) in [5, 5.41) is 0.622. The summed E-state index contributed by atoms with van der Waals surface area (Å²) in [6.07, 6.45) is 4.00. The van der Waals surface area contributed by atoms with E-state index in [9.17, 15) is 9.59 Å². The van der Waals surface area contributed by atoms with Crippen molar-refractivity contribution in [2.75, 3.05) is 19.6 Å². The van der Waals surface area contributed by atoms with Crippen molar-refractivity contribution in [2.24, 2.45) is 5.92 Å². The molecule has 0 saturated carbocycles. The number of hydrogen-bond donors (Lipinski definition) is 0. The summed E-state index contributed by atoms with van der Waals surface area (Å²) in [5.74, 6) is 0.215. The molecule has 2 heterocycles. The summed E-state index contributed by atoms with van der Waals surface area (Å²) >= 11 is 6.00. The number of rotatable bonds is 5. The minimum atomic E-state index is -0.172. The van der Waals surface area contributed by atoms with Crippen LogP contribution in [0.15, 0.2) is 30.0 Å². The van der Waals surface area contributed by atoms with E-state index < -0.39 is 0 Å². The predicted molar refractivity (Wildman–Crippen MR) is 100.0 cm³/mol. The Labute approximate surface area is 154 Å². The molecule has 2 aliphatic heterocycles. The Morgan fingerprint density at radius 1 is 1.16 bits per heavy atom. The highest BCUT2D eigenvalue weighted by Gasteiger charge is 2.41. The van der Waals surface area contributed by atoms with Crippen molar-refractivity contribution in [3.63, 3.8) is 0 Å². The van der Waals surface area contributed by atoms with E-state index in [1.807, 2.05) is 12.1 Å². The molecule has 1 unspecified atom stereocenters. The molecule has 1 aromatic rings. The summed E-state index contributed by atoms with van der Waals surface area (Å²) in [7, 11) is 0. The topological polar surface area (TPSA) is 40.6 Å². The van der Waals surface area contributed by atoms with Gasteiger partial charge in [-0.15, -0.1) is 0 Å². The number of carbonyl (C=O) groups is 2. The Bertz CT molecular complexity index is 696. The quantitative estimate of drug-likeness (QED) is 0.746. The average molecular weight is 361 g/mol. The number of imide groups is 1. The fourth-order valence-corrected chi connectivity index (χ4v) is 3.77. The van der Waals surface area contributed by atoms with E-state index in [2.05, 4.69) is 18.7 Å². The minimum Gasteiger partial charge on any atom is -0.366 e. The summed E-state index contributed by atoms with van der Waals surface area (Å²) < 4.78 is 0. The van der Waals surface area contributed by atoms with Crippen molar-refractivity contribution in [1.82, 2.24) is 9.80 Å². The van der Waals surface area contributed by atoms with Crippen LogP contribution in [0.5, 0.6) is 0 Å². The van der Waals surface area contributed by atoms with Gasteiger partial charge in [-0.05, 0) is 42.9 Å². The van der Waals surface area contributed by atoms with Gasteiger partial charge in [0.05, 0.1) is 5.57 Å². The number of amides is 2. The van der Waals surface area contributed by atoms with Crippen LogP contribution >= 0.6 is 11.6 Å². The molecule has 0 aliphatic carbocycles. The SMILES string of the molecule is CCCCN1C(=O)C(c2ccc(Cl)cc2)=C(N2CCCC(C)C2)C1=O. The maximum Gasteiger partial charge on any atom is 0.277 e. The van der Waals surface area contributed by atoms with Crippen LogP contribution in [0.2, 0.25) is 5.02 Å². The summed E-state index contributed by atoms with van der Waals surface area (Å²) in [4.78, 5) is 29.6. The van der Waals surface area contributed by atoms with Crippen molar-refractivity contribution in [3.8, 4) is 0 Å². The zero-order valence-electron chi connectivity index (χ0n) is 14.9. The molecule has 1 aromatic carbocycles. The number of likely N-dealkylation sites (tertiary alicyclic amines) is 1. The van der Waals surface area contributed by atoms with Crippen molar-refractivity contribution < 1.29 is 9.59 Å². The lowest BCUT2D eigenvalue weighted by molar-refractivity contribution is -0.137.